The Morgan fingerprint density at radius 3 is 2.40 bits per heavy atom. The van der Waals surface area contributed by atoms with Gasteiger partial charge in [0, 0.05) is 13.1 Å². The molecule has 0 spiro atoms. The zero-order chi connectivity index (χ0) is 17.6. The molecule has 0 atom stereocenters. The van der Waals surface area contributed by atoms with Crippen molar-refractivity contribution in [2.24, 2.45) is 0 Å². The Balaban J connectivity index is 1.65. The van der Waals surface area contributed by atoms with Gasteiger partial charge in [0.05, 0.1) is 13.5 Å². The minimum Gasteiger partial charge on any atom is -0.497 e. The fraction of sp³-hybridized carbons (Fsp3) is 0.350. The molecule has 1 aliphatic rings. The average molecular weight is 341 g/mol. The van der Waals surface area contributed by atoms with Gasteiger partial charge in [-0.25, -0.2) is 0 Å². The van der Waals surface area contributed by atoms with Gasteiger partial charge in [-0.3, -0.25) is 4.79 Å². The van der Waals surface area contributed by atoms with Gasteiger partial charge in [0.15, 0.2) is 11.5 Å². The topological polar surface area (TPSA) is 48.0 Å². The molecule has 0 aromatic heterocycles. The molecule has 0 unspecified atom stereocenters. The second-order valence-corrected chi connectivity index (χ2v) is 5.91. The van der Waals surface area contributed by atoms with Gasteiger partial charge >= 0.3 is 0 Å². The first-order valence-corrected chi connectivity index (χ1v) is 8.49. The van der Waals surface area contributed by atoms with Gasteiger partial charge in [-0.15, -0.1) is 0 Å². The zero-order valence-electron chi connectivity index (χ0n) is 14.7. The van der Waals surface area contributed by atoms with Crippen molar-refractivity contribution < 1.29 is 19.0 Å². The number of methoxy groups -OCH3 is 1. The minimum atomic E-state index is 0.0926. The van der Waals surface area contributed by atoms with Crippen LogP contribution < -0.4 is 14.2 Å². The lowest BCUT2D eigenvalue weighted by atomic mass is 10.1. The summed E-state index contributed by atoms with van der Waals surface area (Å²) >= 11 is 0. The summed E-state index contributed by atoms with van der Waals surface area (Å²) in [5.74, 6) is 2.37. The van der Waals surface area contributed by atoms with Crippen molar-refractivity contribution in [2.75, 3.05) is 26.9 Å². The van der Waals surface area contributed by atoms with Crippen LogP contribution in [-0.4, -0.2) is 37.7 Å². The van der Waals surface area contributed by atoms with E-state index in [2.05, 4.69) is 0 Å². The Bertz CT molecular complexity index is 727. The number of carbonyl (C=O) groups is 1. The number of hydrogen-bond acceptors (Lipinski definition) is 4. The molecule has 1 aliphatic heterocycles. The molecule has 2 aromatic rings. The van der Waals surface area contributed by atoms with Crippen LogP contribution >= 0.6 is 0 Å². The number of rotatable bonds is 6. The van der Waals surface area contributed by atoms with E-state index in [-0.39, 0.29) is 5.91 Å². The van der Waals surface area contributed by atoms with Crippen molar-refractivity contribution in [1.29, 1.82) is 0 Å². The maximum absolute atomic E-state index is 12.7. The van der Waals surface area contributed by atoms with Gasteiger partial charge in [0.25, 0.3) is 0 Å². The second kappa shape index (κ2) is 7.92. The third-order valence-corrected chi connectivity index (χ3v) is 4.23. The Morgan fingerprint density at radius 1 is 1.04 bits per heavy atom. The van der Waals surface area contributed by atoms with E-state index in [0.717, 1.165) is 28.4 Å². The van der Waals surface area contributed by atoms with E-state index in [1.165, 1.54) is 0 Å². The van der Waals surface area contributed by atoms with E-state index in [1.807, 2.05) is 54.3 Å². The first kappa shape index (κ1) is 17.1. The highest BCUT2D eigenvalue weighted by Gasteiger charge is 2.16. The molecule has 5 heteroatoms. The molecule has 25 heavy (non-hydrogen) atoms. The normalized spacial score (nSPS) is 12.6. The summed E-state index contributed by atoms with van der Waals surface area (Å²) in [6.07, 6.45) is 0.348. The molecule has 0 aliphatic carbocycles. The number of amides is 1. The monoisotopic (exact) mass is 341 g/mol. The van der Waals surface area contributed by atoms with Gasteiger partial charge in [-0.1, -0.05) is 18.2 Å². The van der Waals surface area contributed by atoms with E-state index in [9.17, 15) is 4.79 Å². The molecular weight excluding hydrogens is 318 g/mol. The number of nitrogens with zero attached hydrogens (tertiary/aromatic N) is 1. The lowest BCUT2D eigenvalue weighted by molar-refractivity contribution is -0.130. The van der Waals surface area contributed by atoms with Gasteiger partial charge < -0.3 is 19.1 Å². The van der Waals surface area contributed by atoms with Gasteiger partial charge in [0.1, 0.15) is 19.0 Å². The predicted molar refractivity (Wildman–Crippen MR) is 95.2 cm³/mol. The Morgan fingerprint density at radius 2 is 1.72 bits per heavy atom. The van der Waals surface area contributed by atoms with E-state index in [1.54, 1.807) is 7.11 Å². The maximum Gasteiger partial charge on any atom is 0.227 e. The zero-order valence-corrected chi connectivity index (χ0v) is 14.7. The molecule has 3 rings (SSSR count). The summed E-state index contributed by atoms with van der Waals surface area (Å²) in [6, 6.07) is 13.5. The highest BCUT2D eigenvalue weighted by atomic mass is 16.6. The molecule has 0 fully saturated rings. The number of ether oxygens (including phenoxy) is 3. The van der Waals surface area contributed by atoms with Crippen molar-refractivity contribution in [3.63, 3.8) is 0 Å². The van der Waals surface area contributed by atoms with Crippen molar-refractivity contribution in [3.8, 4) is 17.2 Å². The minimum absolute atomic E-state index is 0.0926. The summed E-state index contributed by atoms with van der Waals surface area (Å²) in [6.45, 7) is 4.35. The van der Waals surface area contributed by atoms with Crippen molar-refractivity contribution in [2.45, 2.75) is 19.9 Å². The highest BCUT2D eigenvalue weighted by molar-refractivity contribution is 5.79. The fourth-order valence-corrected chi connectivity index (χ4v) is 2.81. The first-order chi connectivity index (χ1) is 12.2. The smallest absolute Gasteiger partial charge is 0.227 e. The van der Waals surface area contributed by atoms with Crippen molar-refractivity contribution in [3.05, 3.63) is 53.6 Å². The highest BCUT2D eigenvalue weighted by Crippen LogP contribution is 2.31. The van der Waals surface area contributed by atoms with E-state index in [4.69, 9.17) is 14.2 Å². The summed E-state index contributed by atoms with van der Waals surface area (Å²) in [5.41, 5.74) is 2.01. The van der Waals surface area contributed by atoms with Crippen molar-refractivity contribution in [1.82, 2.24) is 4.90 Å². The van der Waals surface area contributed by atoms with Crippen LogP contribution in [0.5, 0.6) is 17.2 Å². The van der Waals surface area contributed by atoms with Crippen LogP contribution in [0.1, 0.15) is 18.1 Å². The van der Waals surface area contributed by atoms with Gasteiger partial charge in [0.2, 0.25) is 5.91 Å². The average Bonchev–Trinajstić information content (AvgIpc) is 2.66. The summed E-state index contributed by atoms with van der Waals surface area (Å²) in [4.78, 5) is 14.5. The first-order valence-electron chi connectivity index (χ1n) is 8.49. The molecule has 5 nitrogen and oxygen atoms in total. The number of hydrogen-bond donors (Lipinski definition) is 0. The second-order valence-electron chi connectivity index (χ2n) is 5.91. The Hall–Kier alpha value is -2.69. The fourth-order valence-electron chi connectivity index (χ4n) is 2.81. The van der Waals surface area contributed by atoms with Crippen LogP contribution in [0.25, 0.3) is 0 Å². The molecule has 0 saturated carbocycles. The molecule has 132 valence electrons. The van der Waals surface area contributed by atoms with Gasteiger partial charge in [-0.2, -0.15) is 0 Å². The molecule has 1 heterocycles. The number of benzene rings is 2. The van der Waals surface area contributed by atoms with Crippen LogP contribution in [0, 0.1) is 0 Å². The number of fused-ring (bicyclic) bond motifs is 1. The summed E-state index contributed by atoms with van der Waals surface area (Å²) in [5, 5.41) is 0. The van der Waals surface area contributed by atoms with Crippen LogP contribution in [0.4, 0.5) is 0 Å². The molecule has 0 bridgehead atoms. The predicted octanol–water partition coefficient (Wildman–Crippen LogP) is 3.06. The molecule has 0 saturated heterocycles. The van der Waals surface area contributed by atoms with Crippen LogP contribution in [0.3, 0.4) is 0 Å². The van der Waals surface area contributed by atoms with Crippen LogP contribution in [-0.2, 0) is 17.8 Å². The van der Waals surface area contributed by atoms with Crippen LogP contribution in [0.2, 0.25) is 0 Å². The molecule has 2 aromatic carbocycles. The maximum atomic E-state index is 12.7. The van der Waals surface area contributed by atoms with E-state index >= 15 is 0 Å². The lowest BCUT2D eigenvalue weighted by Gasteiger charge is -2.22. The Kier molecular flexibility index (Phi) is 5.43. The third kappa shape index (κ3) is 4.24. The van der Waals surface area contributed by atoms with Crippen LogP contribution in [0.15, 0.2) is 42.5 Å². The van der Waals surface area contributed by atoms with Crippen molar-refractivity contribution >= 4 is 5.91 Å². The number of carbonyl (C=O) groups excluding carboxylic acids is 1. The Labute approximate surface area is 148 Å². The summed E-state index contributed by atoms with van der Waals surface area (Å²) < 4.78 is 16.3. The molecule has 1 amide bonds. The van der Waals surface area contributed by atoms with E-state index in [0.29, 0.717) is 32.7 Å². The number of likely N-dealkylation sites (N-methyl/N-ethyl adjacent to an activating group) is 1. The molecule has 0 radical (unpaired) electrons. The van der Waals surface area contributed by atoms with Gasteiger partial charge in [-0.05, 0) is 42.3 Å². The summed E-state index contributed by atoms with van der Waals surface area (Å²) in [7, 11) is 1.64. The standard InChI is InChI=1S/C20H23NO4/c1-3-21(14-15-4-7-17(23-2)8-5-15)20(22)13-16-6-9-18-19(12-16)25-11-10-24-18/h4-9,12H,3,10-11,13-14H2,1-2H3. The molecular formula is C20H23NO4. The molecule has 0 N–H and O–H groups in total. The third-order valence-electron chi connectivity index (χ3n) is 4.23. The SMILES string of the molecule is CCN(Cc1ccc(OC)cc1)C(=O)Cc1ccc2c(c1)OCCO2. The quantitative estimate of drug-likeness (QED) is 0.810. The lowest BCUT2D eigenvalue weighted by Crippen LogP contribution is -2.31. The van der Waals surface area contributed by atoms with E-state index < -0.39 is 0 Å². The largest absolute Gasteiger partial charge is 0.497 e.